The summed E-state index contributed by atoms with van der Waals surface area (Å²) in [5.74, 6) is 0.929. The zero-order valence-electron chi connectivity index (χ0n) is 27.4. The zero-order valence-corrected chi connectivity index (χ0v) is 27.4. The standard InChI is InChI=1S/C40H47NO5/c1-5-25-43-36(20-16-30-11-7-6-8-12-30)29-44-35-21-18-33(19-22-35)37-23-24-41(39(42)46-40(2,3)4)27-38(37)45-28-31-15-17-32-13-9-10-14-34(32)26-31/h5-15,17-19,21-22,26,36-38H,1,16,20,23-25,27-29H2,2-4H3. The van der Waals surface area contributed by atoms with Crippen LogP contribution < -0.4 is 4.74 Å². The van der Waals surface area contributed by atoms with Crippen molar-refractivity contribution in [1.82, 2.24) is 4.90 Å². The number of fused-ring (bicyclic) bond motifs is 1. The smallest absolute Gasteiger partial charge is 0.410 e. The van der Waals surface area contributed by atoms with Crippen molar-refractivity contribution in [2.75, 3.05) is 26.3 Å². The van der Waals surface area contributed by atoms with Crippen molar-refractivity contribution in [3.05, 3.63) is 126 Å². The van der Waals surface area contributed by atoms with E-state index in [9.17, 15) is 4.79 Å². The van der Waals surface area contributed by atoms with E-state index in [-0.39, 0.29) is 24.2 Å². The summed E-state index contributed by atoms with van der Waals surface area (Å²) < 4.78 is 24.5. The fourth-order valence-electron chi connectivity index (χ4n) is 5.88. The second-order valence-corrected chi connectivity index (χ2v) is 13.0. The highest BCUT2D eigenvalue weighted by Crippen LogP contribution is 2.33. The molecule has 0 aliphatic carbocycles. The van der Waals surface area contributed by atoms with Gasteiger partial charge >= 0.3 is 6.09 Å². The first-order valence-electron chi connectivity index (χ1n) is 16.3. The molecule has 3 unspecified atom stereocenters. The third kappa shape index (κ3) is 9.68. The number of carbonyl (C=O) groups excluding carboxylic acids is 1. The molecule has 1 fully saturated rings. The molecule has 242 valence electrons. The first-order valence-corrected chi connectivity index (χ1v) is 16.3. The largest absolute Gasteiger partial charge is 0.491 e. The van der Waals surface area contributed by atoms with E-state index in [1.165, 1.54) is 21.9 Å². The molecule has 4 aromatic rings. The number of rotatable bonds is 13. The van der Waals surface area contributed by atoms with Crippen LogP contribution in [0.15, 0.2) is 110 Å². The molecule has 0 radical (unpaired) electrons. The van der Waals surface area contributed by atoms with Crippen LogP contribution in [0.25, 0.3) is 10.8 Å². The minimum atomic E-state index is -0.553. The number of likely N-dealkylation sites (tertiary alicyclic amines) is 1. The van der Waals surface area contributed by atoms with Gasteiger partial charge in [0.1, 0.15) is 18.0 Å². The molecular formula is C40H47NO5. The number of benzene rings is 4. The van der Waals surface area contributed by atoms with Gasteiger partial charge in [-0.3, -0.25) is 0 Å². The van der Waals surface area contributed by atoms with Crippen molar-refractivity contribution in [3.63, 3.8) is 0 Å². The van der Waals surface area contributed by atoms with Crippen LogP contribution in [0.3, 0.4) is 0 Å². The average molecular weight is 622 g/mol. The Kier molecular flexibility index (Phi) is 11.5. The summed E-state index contributed by atoms with van der Waals surface area (Å²) in [6.45, 7) is 12.0. The molecule has 46 heavy (non-hydrogen) atoms. The van der Waals surface area contributed by atoms with Crippen molar-refractivity contribution in [2.45, 2.75) is 70.4 Å². The molecule has 6 heteroatoms. The highest BCUT2D eigenvalue weighted by molar-refractivity contribution is 5.82. The fourth-order valence-corrected chi connectivity index (χ4v) is 5.88. The minimum Gasteiger partial charge on any atom is -0.491 e. The Morgan fingerprint density at radius 1 is 0.935 bits per heavy atom. The Labute approximate surface area is 273 Å². The molecule has 6 nitrogen and oxygen atoms in total. The van der Waals surface area contributed by atoms with E-state index < -0.39 is 5.60 Å². The van der Waals surface area contributed by atoms with Gasteiger partial charge in [-0.05, 0) is 85.7 Å². The van der Waals surface area contributed by atoms with Crippen LogP contribution in [-0.2, 0) is 27.2 Å². The molecule has 5 rings (SSSR count). The molecule has 1 aliphatic heterocycles. The molecule has 0 spiro atoms. The first-order chi connectivity index (χ1) is 22.3. The van der Waals surface area contributed by atoms with E-state index in [0.717, 1.165) is 30.6 Å². The van der Waals surface area contributed by atoms with Crippen molar-refractivity contribution in [3.8, 4) is 5.75 Å². The second kappa shape index (κ2) is 15.9. The van der Waals surface area contributed by atoms with E-state index in [4.69, 9.17) is 18.9 Å². The van der Waals surface area contributed by atoms with Gasteiger partial charge in [0, 0.05) is 12.5 Å². The third-order valence-corrected chi connectivity index (χ3v) is 8.28. The number of carbonyl (C=O) groups is 1. The molecule has 1 amide bonds. The normalized spacial score (nSPS) is 17.4. The van der Waals surface area contributed by atoms with E-state index in [0.29, 0.717) is 32.9 Å². The Bertz CT molecular complexity index is 1550. The maximum atomic E-state index is 13.0. The lowest BCUT2D eigenvalue weighted by atomic mass is 9.87. The molecule has 1 heterocycles. The lowest BCUT2D eigenvalue weighted by Gasteiger charge is -2.39. The predicted molar refractivity (Wildman–Crippen MR) is 184 cm³/mol. The number of piperidine rings is 1. The SMILES string of the molecule is C=CCOC(CCc1ccccc1)COc1ccc(C2CCN(C(=O)OC(C)(C)C)CC2OCc2ccc3ccccc3c2)cc1. The molecule has 1 aliphatic rings. The van der Waals surface area contributed by atoms with Crippen LogP contribution in [0.5, 0.6) is 5.75 Å². The number of nitrogens with zero attached hydrogens (tertiary/aromatic N) is 1. The van der Waals surface area contributed by atoms with Crippen LogP contribution in [0.4, 0.5) is 4.79 Å². The topological polar surface area (TPSA) is 57.2 Å². The van der Waals surface area contributed by atoms with Gasteiger partial charge in [-0.25, -0.2) is 4.79 Å². The van der Waals surface area contributed by atoms with Crippen LogP contribution in [0.2, 0.25) is 0 Å². The van der Waals surface area contributed by atoms with Crippen LogP contribution in [0, 0.1) is 0 Å². The monoisotopic (exact) mass is 621 g/mol. The summed E-state index contributed by atoms with van der Waals surface area (Å²) in [5, 5.41) is 2.39. The second-order valence-electron chi connectivity index (χ2n) is 13.0. The number of amides is 1. The van der Waals surface area contributed by atoms with Crippen LogP contribution in [-0.4, -0.2) is 55.1 Å². The Morgan fingerprint density at radius 2 is 1.67 bits per heavy atom. The summed E-state index contributed by atoms with van der Waals surface area (Å²) in [7, 11) is 0. The summed E-state index contributed by atoms with van der Waals surface area (Å²) in [4.78, 5) is 14.8. The Morgan fingerprint density at radius 3 is 2.41 bits per heavy atom. The van der Waals surface area contributed by atoms with Gasteiger partial charge < -0.3 is 23.8 Å². The quantitative estimate of drug-likeness (QED) is 0.140. The van der Waals surface area contributed by atoms with Gasteiger partial charge in [0.2, 0.25) is 0 Å². The van der Waals surface area contributed by atoms with E-state index in [1.807, 2.05) is 45.0 Å². The van der Waals surface area contributed by atoms with Gasteiger partial charge in [-0.15, -0.1) is 6.58 Å². The van der Waals surface area contributed by atoms with Gasteiger partial charge in [-0.1, -0.05) is 84.9 Å². The van der Waals surface area contributed by atoms with Crippen molar-refractivity contribution < 1.29 is 23.7 Å². The molecule has 0 N–H and O–H groups in total. The lowest BCUT2D eigenvalue weighted by Crippen LogP contribution is -2.48. The highest BCUT2D eigenvalue weighted by atomic mass is 16.6. The predicted octanol–water partition coefficient (Wildman–Crippen LogP) is 8.73. The fraction of sp³-hybridized carbons (Fsp3) is 0.375. The van der Waals surface area contributed by atoms with Gasteiger partial charge in [-0.2, -0.15) is 0 Å². The molecule has 4 aromatic carbocycles. The van der Waals surface area contributed by atoms with E-state index in [1.54, 1.807) is 11.0 Å². The third-order valence-electron chi connectivity index (χ3n) is 8.28. The summed E-state index contributed by atoms with van der Waals surface area (Å²) in [6.07, 6.45) is 3.82. The van der Waals surface area contributed by atoms with Crippen molar-refractivity contribution in [1.29, 1.82) is 0 Å². The number of ether oxygens (including phenoxy) is 4. The maximum absolute atomic E-state index is 13.0. The van der Waals surface area contributed by atoms with Crippen molar-refractivity contribution >= 4 is 16.9 Å². The maximum Gasteiger partial charge on any atom is 0.410 e. The summed E-state index contributed by atoms with van der Waals surface area (Å²) in [6, 6.07) is 33.5. The molecule has 0 bridgehead atoms. The van der Waals surface area contributed by atoms with Gasteiger partial charge in [0.15, 0.2) is 0 Å². The average Bonchev–Trinajstić information content (AvgIpc) is 3.06. The number of hydrogen-bond donors (Lipinski definition) is 0. The molecule has 0 saturated carbocycles. The minimum absolute atomic E-state index is 0.0389. The number of aryl methyl sites for hydroxylation is 1. The van der Waals surface area contributed by atoms with Crippen LogP contribution in [0.1, 0.15) is 56.2 Å². The van der Waals surface area contributed by atoms with E-state index in [2.05, 4.69) is 79.4 Å². The van der Waals surface area contributed by atoms with Gasteiger partial charge in [0.25, 0.3) is 0 Å². The Hall–Kier alpha value is -4.13. The van der Waals surface area contributed by atoms with Crippen molar-refractivity contribution in [2.24, 2.45) is 0 Å². The highest BCUT2D eigenvalue weighted by Gasteiger charge is 2.35. The number of hydrogen-bond acceptors (Lipinski definition) is 5. The van der Waals surface area contributed by atoms with Crippen LogP contribution >= 0.6 is 0 Å². The first kappa shape index (κ1) is 33.2. The molecule has 1 saturated heterocycles. The Balaban J connectivity index is 1.24. The molecule has 3 atom stereocenters. The van der Waals surface area contributed by atoms with Gasteiger partial charge in [0.05, 0.1) is 32.0 Å². The lowest BCUT2D eigenvalue weighted by molar-refractivity contribution is -0.0359. The molecular weight excluding hydrogens is 574 g/mol. The zero-order chi connectivity index (χ0) is 32.4. The molecule has 0 aromatic heterocycles. The van der Waals surface area contributed by atoms with E-state index >= 15 is 0 Å². The summed E-state index contributed by atoms with van der Waals surface area (Å²) >= 11 is 0. The summed E-state index contributed by atoms with van der Waals surface area (Å²) in [5.41, 5.74) is 3.01.